The molecule has 0 radical (unpaired) electrons. The van der Waals surface area contributed by atoms with Gasteiger partial charge in [-0.05, 0) is 31.2 Å². The second-order valence-electron chi connectivity index (χ2n) is 5.82. The van der Waals surface area contributed by atoms with Crippen molar-refractivity contribution < 1.29 is 14.0 Å². The Morgan fingerprint density at radius 1 is 1.17 bits per heavy atom. The number of benzene rings is 2. The van der Waals surface area contributed by atoms with Crippen LogP contribution < -0.4 is 15.5 Å². The van der Waals surface area contributed by atoms with Gasteiger partial charge in [0.1, 0.15) is 5.82 Å². The van der Waals surface area contributed by atoms with E-state index >= 15 is 0 Å². The van der Waals surface area contributed by atoms with Gasteiger partial charge < -0.3 is 15.5 Å². The van der Waals surface area contributed by atoms with Crippen LogP contribution in [0.15, 0.2) is 48.5 Å². The van der Waals surface area contributed by atoms with Gasteiger partial charge in [0.25, 0.3) is 0 Å². The molecule has 2 N–H and O–H groups in total. The molecule has 2 aromatic carbocycles. The Balaban J connectivity index is 1.61. The number of para-hydroxylation sites is 1. The Morgan fingerprint density at radius 2 is 1.88 bits per heavy atom. The minimum atomic E-state index is -0.524. The third-order valence-corrected chi connectivity index (χ3v) is 3.93. The average Bonchev–Trinajstić information content (AvgIpc) is 2.90. The van der Waals surface area contributed by atoms with Crippen LogP contribution in [0, 0.1) is 12.7 Å². The summed E-state index contributed by atoms with van der Waals surface area (Å²) in [4.78, 5) is 25.8. The van der Waals surface area contributed by atoms with E-state index in [2.05, 4.69) is 10.6 Å². The topological polar surface area (TPSA) is 61.4 Å². The summed E-state index contributed by atoms with van der Waals surface area (Å²) in [5.41, 5.74) is 2.03. The van der Waals surface area contributed by atoms with E-state index in [1.807, 2.05) is 31.2 Å². The first-order chi connectivity index (χ1) is 11.5. The lowest BCUT2D eigenvalue weighted by Gasteiger charge is -2.17. The van der Waals surface area contributed by atoms with Crippen LogP contribution in [0.2, 0.25) is 0 Å². The molecule has 0 spiro atoms. The summed E-state index contributed by atoms with van der Waals surface area (Å²) in [7, 11) is 0. The van der Waals surface area contributed by atoms with Crippen LogP contribution in [0.4, 0.5) is 20.6 Å². The van der Waals surface area contributed by atoms with Gasteiger partial charge in [0.05, 0.1) is 11.7 Å². The molecule has 3 amide bonds. The van der Waals surface area contributed by atoms with E-state index in [1.54, 1.807) is 17.0 Å². The minimum Gasteiger partial charge on any atom is -0.333 e. The monoisotopic (exact) mass is 327 g/mol. The van der Waals surface area contributed by atoms with Crippen LogP contribution in [0.1, 0.15) is 12.0 Å². The summed E-state index contributed by atoms with van der Waals surface area (Å²) in [6.07, 6.45) is 0.221. The van der Waals surface area contributed by atoms with E-state index in [9.17, 15) is 14.0 Å². The number of rotatable bonds is 3. The van der Waals surface area contributed by atoms with Crippen molar-refractivity contribution in [1.82, 2.24) is 5.32 Å². The van der Waals surface area contributed by atoms with Gasteiger partial charge >= 0.3 is 6.03 Å². The molecule has 0 unspecified atom stereocenters. The molecule has 1 aliphatic rings. The zero-order valence-electron chi connectivity index (χ0n) is 13.3. The number of carbonyl (C=O) groups is 2. The maximum Gasteiger partial charge on any atom is 0.319 e. The van der Waals surface area contributed by atoms with Gasteiger partial charge in [-0.1, -0.05) is 29.8 Å². The maximum atomic E-state index is 13.5. The average molecular weight is 327 g/mol. The first-order valence-corrected chi connectivity index (χ1v) is 7.72. The van der Waals surface area contributed by atoms with Crippen molar-refractivity contribution in [3.63, 3.8) is 0 Å². The SMILES string of the molecule is Cc1ccc(N2C[C@H](NC(=O)Nc3ccccc3F)CC2=O)cc1. The van der Waals surface area contributed by atoms with Crippen LogP contribution in [0.5, 0.6) is 0 Å². The smallest absolute Gasteiger partial charge is 0.319 e. The predicted octanol–water partition coefficient (Wildman–Crippen LogP) is 3.06. The Bertz CT molecular complexity index is 761. The van der Waals surface area contributed by atoms with Crippen molar-refractivity contribution in [3.05, 3.63) is 59.9 Å². The first kappa shape index (κ1) is 16.0. The van der Waals surface area contributed by atoms with Crippen LogP contribution in [-0.2, 0) is 4.79 Å². The third-order valence-electron chi connectivity index (χ3n) is 3.93. The number of nitrogens with one attached hydrogen (secondary N) is 2. The highest BCUT2D eigenvalue weighted by molar-refractivity contribution is 5.97. The molecule has 6 heteroatoms. The van der Waals surface area contributed by atoms with Crippen molar-refractivity contribution in [3.8, 4) is 0 Å². The highest BCUT2D eigenvalue weighted by Gasteiger charge is 2.31. The number of carbonyl (C=O) groups excluding carboxylic acids is 2. The van der Waals surface area contributed by atoms with Gasteiger partial charge in [0.2, 0.25) is 5.91 Å². The van der Waals surface area contributed by atoms with Crippen molar-refractivity contribution in [2.24, 2.45) is 0 Å². The molecule has 5 nitrogen and oxygen atoms in total. The number of anilines is 2. The van der Waals surface area contributed by atoms with Gasteiger partial charge in [-0.2, -0.15) is 0 Å². The lowest BCUT2D eigenvalue weighted by atomic mass is 10.2. The predicted molar refractivity (Wildman–Crippen MR) is 90.5 cm³/mol. The van der Waals surface area contributed by atoms with Gasteiger partial charge in [-0.25, -0.2) is 9.18 Å². The molecule has 3 rings (SSSR count). The highest BCUT2D eigenvalue weighted by Crippen LogP contribution is 2.22. The fourth-order valence-corrected chi connectivity index (χ4v) is 2.68. The van der Waals surface area contributed by atoms with E-state index < -0.39 is 11.8 Å². The normalized spacial score (nSPS) is 17.0. The summed E-state index contributed by atoms with van der Waals surface area (Å²) < 4.78 is 13.5. The summed E-state index contributed by atoms with van der Waals surface area (Å²) in [6.45, 7) is 2.37. The van der Waals surface area contributed by atoms with Crippen LogP contribution in [0.25, 0.3) is 0 Å². The zero-order chi connectivity index (χ0) is 17.1. The first-order valence-electron chi connectivity index (χ1n) is 7.72. The van der Waals surface area contributed by atoms with E-state index in [0.29, 0.717) is 6.54 Å². The molecule has 24 heavy (non-hydrogen) atoms. The van der Waals surface area contributed by atoms with E-state index in [-0.39, 0.29) is 24.1 Å². The van der Waals surface area contributed by atoms with E-state index in [4.69, 9.17) is 0 Å². The Morgan fingerprint density at radius 3 is 2.58 bits per heavy atom. The summed E-state index contributed by atoms with van der Waals surface area (Å²) in [5, 5.41) is 5.18. The zero-order valence-corrected chi connectivity index (χ0v) is 13.3. The standard InChI is InChI=1S/C18H18FN3O2/c1-12-6-8-14(9-7-12)22-11-13(10-17(22)23)20-18(24)21-16-5-3-2-4-15(16)19/h2-9,13H,10-11H2,1H3,(H2,20,21,24)/t13-/m1/s1. The van der Waals surface area contributed by atoms with Crippen LogP contribution >= 0.6 is 0 Å². The van der Waals surface area contributed by atoms with Gasteiger partial charge in [-0.15, -0.1) is 0 Å². The van der Waals surface area contributed by atoms with E-state index in [1.165, 1.54) is 12.1 Å². The number of aryl methyl sites for hydroxylation is 1. The van der Waals surface area contributed by atoms with Crippen molar-refractivity contribution in [2.75, 3.05) is 16.8 Å². The molecule has 1 fully saturated rings. The minimum absolute atomic E-state index is 0.0463. The summed E-state index contributed by atoms with van der Waals surface area (Å²) in [5.74, 6) is -0.550. The molecule has 1 saturated heterocycles. The molecule has 1 atom stereocenters. The molecule has 0 saturated carbocycles. The molecular formula is C18H18FN3O2. The lowest BCUT2D eigenvalue weighted by molar-refractivity contribution is -0.117. The van der Waals surface area contributed by atoms with Crippen LogP contribution in [0.3, 0.4) is 0 Å². The third kappa shape index (κ3) is 3.53. The van der Waals surface area contributed by atoms with Gasteiger partial charge in [0, 0.05) is 18.7 Å². The largest absolute Gasteiger partial charge is 0.333 e. The van der Waals surface area contributed by atoms with Crippen molar-refractivity contribution in [1.29, 1.82) is 0 Å². The molecule has 1 aliphatic heterocycles. The number of hydrogen-bond donors (Lipinski definition) is 2. The fraction of sp³-hybridized carbons (Fsp3) is 0.222. The number of amides is 3. The molecule has 0 bridgehead atoms. The van der Waals surface area contributed by atoms with Gasteiger partial charge in [0.15, 0.2) is 0 Å². The number of halogens is 1. The number of hydrogen-bond acceptors (Lipinski definition) is 2. The van der Waals surface area contributed by atoms with Crippen molar-refractivity contribution in [2.45, 2.75) is 19.4 Å². The molecule has 0 aliphatic carbocycles. The van der Waals surface area contributed by atoms with E-state index in [0.717, 1.165) is 11.3 Å². The Kier molecular flexibility index (Phi) is 4.46. The fourth-order valence-electron chi connectivity index (χ4n) is 2.68. The maximum absolute atomic E-state index is 13.5. The molecule has 2 aromatic rings. The quantitative estimate of drug-likeness (QED) is 0.910. The highest BCUT2D eigenvalue weighted by atomic mass is 19.1. The lowest BCUT2D eigenvalue weighted by Crippen LogP contribution is -2.39. The second kappa shape index (κ2) is 6.70. The molecule has 0 aromatic heterocycles. The van der Waals surface area contributed by atoms with Crippen molar-refractivity contribution >= 4 is 23.3 Å². The second-order valence-corrected chi connectivity index (χ2v) is 5.82. The number of urea groups is 1. The molecule has 1 heterocycles. The number of nitrogens with zero attached hydrogens (tertiary/aromatic N) is 1. The Hall–Kier alpha value is -2.89. The Labute approximate surface area is 139 Å². The molecule has 124 valence electrons. The van der Waals surface area contributed by atoms with Gasteiger partial charge in [-0.3, -0.25) is 4.79 Å². The summed E-state index contributed by atoms with van der Waals surface area (Å²) >= 11 is 0. The van der Waals surface area contributed by atoms with Crippen LogP contribution in [-0.4, -0.2) is 24.5 Å². The summed E-state index contributed by atoms with van der Waals surface area (Å²) in [6, 6.07) is 12.7. The molecular weight excluding hydrogens is 309 g/mol.